The Balaban J connectivity index is 0.00000147. The zero-order valence-corrected chi connectivity index (χ0v) is 13.8. The van der Waals surface area contributed by atoms with E-state index in [2.05, 4.69) is 21.2 Å². The number of halogens is 3. The molecule has 1 N–H and O–H groups in total. The summed E-state index contributed by atoms with van der Waals surface area (Å²) in [4.78, 5) is 0.0288. The SMILES string of the molecule is Cl.O=S(=O)(c1ccc(Br)c(F)c1)N1C[C@H]2CNC[C@H]2C1. The van der Waals surface area contributed by atoms with Crippen LogP contribution in [0.3, 0.4) is 0 Å². The van der Waals surface area contributed by atoms with Crippen molar-refractivity contribution < 1.29 is 12.8 Å². The van der Waals surface area contributed by atoms with E-state index in [0.717, 1.165) is 19.2 Å². The molecule has 4 nitrogen and oxygen atoms in total. The lowest BCUT2D eigenvalue weighted by molar-refractivity contribution is 0.447. The Morgan fingerprint density at radius 2 is 1.85 bits per heavy atom. The van der Waals surface area contributed by atoms with Gasteiger partial charge >= 0.3 is 0 Å². The molecule has 0 radical (unpaired) electrons. The minimum atomic E-state index is -3.58. The highest BCUT2D eigenvalue weighted by Crippen LogP contribution is 2.31. The van der Waals surface area contributed by atoms with Gasteiger partial charge in [0, 0.05) is 13.1 Å². The molecule has 3 rings (SSSR count). The second-order valence-electron chi connectivity index (χ2n) is 5.08. The van der Waals surface area contributed by atoms with Crippen LogP contribution < -0.4 is 5.32 Å². The fourth-order valence-corrected chi connectivity index (χ4v) is 4.61. The summed E-state index contributed by atoms with van der Waals surface area (Å²) in [5.41, 5.74) is 0. The molecule has 0 bridgehead atoms. The van der Waals surface area contributed by atoms with Crippen molar-refractivity contribution in [1.29, 1.82) is 0 Å². The maximum Gasteiger partial charge on any atom is 0.243 e. The zero-order chi connectivity index (χ0) is 13.6. The summed E-state index contributed by atoms with van der Waals surface area (Å²) in [5, 5.41) is 3.26. The summed E-state index contributed by atoms with van der Waals surface area (Å²) in [6, 6.07) is 3.95. The molecule has 0 spiro atoms. The number of nitrogens with one attached hydrogen (secondary N) is 1. The minimum absolute atomic E-state index is 0. The number of hydrogen-bond acceptors (Lipinski definition) is 3. The fourth-order valence-electron chi connectivity index (χ4n) is 2.79. The van der Waals surface area contributed by atoms with Crippen molar-refractivity contribution in [2.24, 2.45) is 11.8 Å². The average Bonchev–Trinajstić information content (AvgIpc) is 2.93. The number of benzene rings is 1. The van der Waals surface area contributed by atoms with E-state index in [1.165, 1.54) is 16.4 Å². The lowest BCUT2D eigenvalue weighted by atomic mass is 10.0. The monoisotopic (exact) mass is 384 g/mol. The summed E-state index contributed by atoms with van der Waals surface area (Å²) in [6.45, 7) is 2.78. The highest BCUT2D eigenvalue weighted by Gasteiger charge is 2.41. The van der Waals surface area contributed by atoms with Crippen LogP contribution in [0, 0.1) is 17.7 Å². The van der Waals surface area contributed by atoms with E-state index in [9.17, 15) is 12.8 Å². The van der Waals surface area contributed by atoms with Gasteiger partial charge in [-0.2, -0.15) is 4.31 Å². The predicted molar refractivity (Wildman–Crippen MR) is 80.0 cm³/mol. The third-order valence-corrected chi connectivity index (χ3v) is 6.36. The standard InChI is InChI=1S/C12H14BrFN2O2S.ClH/c13-11-2-1-10(3-12(11)14)19(17,18)16-6-8-4-15-5-9(8)7-16;/h1-3,8-9,15H,4-7H2;1H/t8-,9+;. The van der Waals surface area contributed by atoms with Crippen LogP contribution >= 0.6 is 28.3 Å². The molecule has 0 aliphatic carbocycles. The van der Waals surface area contributed by atoms with E-state index in [0.29, 0.717) is 24.9 Å². The molecule has 0 aromatic heterocycles. The average molecular weight is 386 g/mol. The molecule has 0 unspecified atom stereocenters. The van der Waals surface area contributed by atoms with Crippen molar-refractivity contribution in [2.75, 3.05) is 26.2 Å². The van der Waals surface area contributed by atoms with Crippen molar-refractivity contribution in [3.05, 3.63) is 28.5 Å². The Morgan fingerprint density at radius 1 is 1.25 bits per heavy atom. The van der Waals surface area contributed by atoms with Gasteiger partial charge in [-0.15, -0.1) is 12.4 Å². The van der Waals surface area contributed by atoms with Gasteiger partial charge in [0.05, 0.1) is 9.37 Å². The molecule has 2 fully saturated rings. The van der Waals surface area contributed by atoms with Crippen LogP contribution in [0.15, 0.2) is 27.6 Å². The molecule has 1 aromatic rings. The van der Waals surface area contributed by atoms with Crippen LogP contribution in [0.4, 0.5) is 4.39 Å². The first-order valence-electron chi connectivity index (χ1n) is 6.14. The van der Waals surface area contributed by atoms with Crippen molar-refractivity contribution in [2.45, 2.75) is 4.90 Å². The number of rotatable bonds is 2. The molecular formula is C12H15BrClFN2O2S. The Kier molecular flexibility index (Phi) is 4.76. The van der Waals surface area contributed by atoms with Crippen molar-refractivity contribution in [3.63, 3.8) is 0 Å². The van der Waals surface area contributed by atoms with Gasteiger partial charge < -0.3 is 5.32 Å². The number of nitrogens with zero attached hydrogens (tertiary/aromatic N) is 1. The third kappa shape index (κ3) is 2.74. The molecule has 2 atom stereocenters. The van der Waals surface area contributed by atoms with Crippen molar-refractivity contribution >= 4 is 38.4 Å². The highest BCUT2D eigenvalue weighted by molar-refractivity contribution is 9.10. The minimum Gasteiger partial charge on any atom is -0.316 e. The van der Waals surface area contributed by atoms with Crippen molar-refractivity contribution in [3.8, 4) is 0 Å². The summed E-state index contributed by atoms with van der Waals surface area (Å²) in [7, 11) is -3.58. The van der Waals surface area contributed by atoms with E-state index in [-0.39, 0.29) is 21.8 Å². The number of fused-ring (bicyclic) bond motifs is 1. The number of sulfonamides is 1. The highest BCUT2D eigenvalue weighted by atomic mass is 79.9. The Morgan fingerprint density at radius 3 is 2.40 bits per heavy atom. The smallest absolute Gasteiger partial charge is 0.243 e. The van der Waals surface area contributed by atoms with Crippen LogP contribution in [0.1, 0.15) is 0 Å². The predicted octanol–water partition coefficient (Wildman–Crippen LogP) is 1.85. The molecule has 2 saturated heterocycles. The number of hydrogen-bond donors (Lipinski definition) is 1. The summed E-state index contributed by atoms with van der Waals surface area (Å²) in [5.74, 6) is 0.215. The van der Waals surface area contributed by atoms with Gasteiger partial charge in [0.15, 0.2) is 0 Å². The molecule has 1 aromatic carbocycles. The fraction of sp³-hybridized carbons (Fsp3) is 0.500. The van der Waals surface area contributed by atoms with Crippen LogP contribution in [-0.2, 0) is 10.0 Å². The van der Waals surface area contributed by atoms with Crippen molar-refractivity contribution in [1.82, 2.24) is 9.62 Å². The molecule has 2 heterocycles. The quantitative estimate of drug-likeness (QED) is 0.845. The van der Waals surface area contributed by atoms with E-state index in [4.69, 9.17) is 0 Å². The Hall–Kier alpha value is -0.210. The van der Waals surface area contributed by atoms with E-state index < -0.39 is 15.8 Å². The van der Waals surface area contributed by atoms with Crippen LogP contribution in [0.5, 0.6) is 0 Å². The maximum atomic E-state index is 13.5. The lowest BCUT2D eigenvalue weighted by Crippen LogP contribution is -2.32. The van der Waals surface area contributed by atoms with Crippen LogP contribution in [0.2, 0.25) is 0 Å². The molecule has 2 aliphatic rings. The molecule has 0 saturated carbocycles. The lowest BCUT2D eigenvalue weighted by Gasteiger charge is -2.17. The first-order chi connectivity index (χ1) is 8.98. The zero-order valence-electron chi connectivity index (χ0n) is 10.6. The van der Waals surface area contributed by atoms with Gasteiger partial charge in [0.1, 0.15) is 5.82 Å². The first kappa shape index (κ1) is 16.2. The van der Waals surface area contributed by atoms with Gasteiger partial charge in [-0.05, 0) is 59.1 Å². The van der Waals surface area contributed by atoms with E-state index >= 15 is 0 Å². The Bertz CT molecular complexity index is 601. The van der Waals surface area contributed by atoms with Gasteiger partial charge in [-0.1, -0.05) is 0 Å². The third-order valence-electron chi connectivity index (χ3n) is 3.88. The van der Waals surface area contributed by atoms with Crippen LogP contribution in [-0.4, -0.2) is 38.9 Å². The maximum absolute atomic E-state index is 13.5. The largest absolute Gasteiger partial charge is 0.316 e. The van der Waals surface area contributed by atoms with Crippen LogP contribution in [0.25, 0.3) is 0 Å². The molecule has 20 heavy (non-hydrogen) atoms. The molecule has 2 aliphatic heterocycles. The van der Waals surface area contributed by atoms with E-state index in [1.54, 1.807) is 0 Å². The second-order valence-corrected chi connectivity index (χ2v) is 7.87. The summed E-state index contributed by atoms with van der Waals surface area (Å²) < 4.78 is 40.1. The topological polar surface area (TPSA) is 49.4 Å². The summed E-state index contributed by atoms with van der Waals surface area (Å²) in [6.07, 6.45) is 0. The molecule has 8 heteroatoms. The normalized spacial score (nSPS) is 26.3. The summed E-state index contributed by atoms with van der Waals surface area (Å²) >= 11 is 3.03. The van der Waals surface area contributed by atoms with Gasteiger partial charge in [0.25, 0.3) is 0 Å². The van der Waals surface area contributed by atoms with Gasteiger partial charge in [-0.3, -0.25) is 0 Å². The molecule has 112 valence electrons. The van der Waals surface area contributed by atoms with Gasteiger partial charge in [-0.25, -0.2) is 12.8 Å². The molecule has 0 amide bonds. The first-order valence-corrected chi connectivity index (χ1v) is 8.37. The van der Waals surface area contributed by atoms with E-state index in [1.807, 2.05) is 0 Å². The Labute approximate surface area is 132 Å². The second kappa shape index (κ2) is 5.88. The molecular weight excluding hydrogens is 371 g/mol. The van der Waals surface area contributed by atoms with Gasteiger partial charge in [0.2, 0.25) is 10.0 Å².